The molecule has 1 aromatic heterocycles. The van der Waals surface area contributed by atoms with Gasteiger partial charge in [0.1, 0.15) is 5.02 Å². The zero-order valence-electron chi connectivity index (χ0n) is 15.9. The molecule has 0 unspecified atom stereocenters. The fourth-order valence-corrected chi connectivity index (χ4v) is 3.41. The standard InChI is InChI=1S/C22H17ClN4O3/c1-14(16-7-6-15-4-2-3-5-17(15)12-16)25-20-13-24-26(22(28)21(20)23)18-8-10-19(11-9-18)27(29)30/h2-14,25H,1H3/t14-/m1/s1. The largest absolute Gasteiger partial charge is 0.376 e. The van der Waals surface area contributed by atoms with Crippen molar-refractivity contribution in [3.63, 3.8) is 0 Å². The maximum atomic E-state index is 12.7. The van der Waals surface area contributed by atoms with E-state index in [2.05, 4.69) is 28.6 Å². The van der Waals surface area contributed by atoms with E-state index in [1.807, 2.05) is 31.2 Å². The Balaban J connectivity index is 1.61. The zero-order chi connectivity index (χ0) is 21.3. The molecule has 7 nitrogen and oxygen atoms in total. The lowest BCUT2D eigenvalue weighted by atomic mass is 10.0. The van der Waals surface area contributed by atoms with Crippen molar-refractivity contribution in [2.75, 3.05) is 5.32 Å². The molecule has 30 heavy (non-hydrogen) atoms. The van der Waals surface area contributed by atoms with Gasteiger partial charge in [-0.05, 0) is 41.5 Å². The highest BCUT2D eigenvalue weighted by atomic mass is 35.5. The Bertz CT molecular complexity index is 1300. The molecule has 0 fully saturated rings. The third-order valence-electron chi connectivity index (χ3n) is 4.87. The van der Waals surface area contributed by atoms with Gasteiger partial charge in [-0.1, -0.05) is 48.0 Å². The van der Waals surface area contributed by atoms with Gasteiger partial charge in [-0.3, -0.25) is 14.9 Å². The van der Waals surface area contributed by atoms with Gasteiger partial charge in [-0.25, -0.2) is 0 Å². The van der Waals surface area contributed by atoms with Gasteiger partial charge in [-0.2, -0.15) is 9.78 Å². The van der Waals surface area contributed by atoms with E-state index < -0.39 is 10.5 Å². The lowest BCUT2D eigenvalue weighted by molar-refractivity contribution is -0.384. The molecule has 0 amide bonds. The van der Waals surface area contributed by atoms with E-state index in [1.165, 1.54) is 30.5 Å². The van der Waals surface area contributed by atoms with Gasteiger partial charge in [0.05, 0.1) is 22.5 Å². The van der Waals surface area contributed by atoms with Crippen LogP contribution in [-0.4, -0.2) is 14.7 Å². The Hall–Kier alpha value is -3.71. The summed E-state index contributed by atoms with van der Waals surface area (Å²) in [6, 6.07) is 19.7. The number of nitrogens with one attached hydrogen (secondary N) is 1. The van der Waals surface area contributed by atoms with Crippen LogP contribution in [0.25, 0.3) is 16.5 Å². The summed E-state index contributed by atoms with van der Waals surface area (Å²) in [4.78, 5) is 23.0. The van der Waals surface area contributed by atoms with Crippen LogP contribution in [-0.2, 0) is 0 Å². The fourth-order valence-electron chi connectivity index (χ4n) is 3.23. The third kappa shape index (κ3) is 3.75. The fraction of sp³-hybridized carbons (Fsp3) is 0.0909. The van der Waals surface area contributed by atoms with Crippen LogP contribution in [0.2, 0.25) is 5.02 Å². The summed E-state index contributed by atoms with van der Waals surface area (Å²) < 4.78 is 1.11. The van der Waals surface area contributed by atoms with Crippen molar-refractivity contribution >= 4 is 33.7 Å². The van der Waals surface area contributed by atoms with Crippen molar-refractivity contribution in [1.82, 2.24) is 9.78 Å². The monoisotopic (exact) mass is 420 g/mol. The van der Waals surface area contributed by atoms with E-state index >= 15 is 0 Å². The molecular formula is C22H17ClN4O3. The zero-order valence-corrected chi connectivity index (χ0v) is 16.7. The molecule has 4 aromatic rings. The molecule has 150 valence electrons. The lowest BCUT2D eigenvalue weighted by Gasteiger charge is -2.17. The molecule has 0 bridgehead atoms. The Morgan fingerprint density at radius 1 is 1.07 bits per heavy atom. The Kier molecular flexibility index (Phi) is 5.20. The summed E-state index contributed by atoms with van der Waals surface area (Å²) in [6.07, 6.45) is 1.47. The van der Waals surface area contributed by atoms with Crippen LogP contribution in [0, 0.1) is 10.1 Å². The molecule has 0 aliphatic carbocycles. The molecular weight excluding hydrogens is 404 g/mol. The van der Waals surface area contributed by atoms with E-state index in [9.17, 15) is 14.9 Å². The van der Waals surface area contributed by atoms with Gasteiger partial charge < -0.3 is 5.32 Å². The predicted octanol–water partition coefficient (Wildman–Crippen LogP) is 5.12. The average Bonchev–Trinajstić information content (AvgIpc) is 2.76. The van der Waals surface area contributed by atoms with E-state index in [4.69, 9.17) is 11.6 Å². The molecule has 1 heterocycles. The highest BCUT2D eigenvalue weighted by Crippen LogP contribution is 2.26. The summed E-state index contributed by atoms with van der Waals surface area (Å²) in [5.41, 5.74) is 1.27. The maximum Gasteiger partial charge on any atom is 0.292 e. The minimum atomic E-state index is -0.513. The highest BCUT2D eigenvalue weighted by molar-refractivity contribution is 6.33. The lowest BCUT2D eigenvalue weighted by Crippen LogP contribution is -2.23. The smallest absolute Gasteiger partial charge is 0.292 e. The number of hydrogen-bond acceptors (Lipinski definition) is 5. The van der Waals surface area contributed by atoms with Crippen LogP contribution < -0.4 is 10.9 Å². The number of nitro groups is 1. The second-order valence-electron chi connectivity index (χ2n) is 6.84. The minimum absolute atomic E-state index is 0.00371. The molecule has 4 rings (SSSR count). The topological polar surface area (TPSA) is 90.1 Å². The Morgan fingerprint density at radius 3 is 2.47 bits per heavy atom. The SMILES string of the molecule is C[C@@H](Nc1cnn(-c2ccc([N+](=O)[O-])cc2)c(=O)c1Cl)c1ccc2ccccc2c1. The van der Waals surface area contributed by atoms with Crippen molar-refractivity contribution < 1.29 is 4.92 Å². The number of nitro benzene ring substituents is 1. The van der Waals surface area contributed by atoms with Crippen molar-refractivity contribution in [3.05, 3.63) is 104 Å². The van der Waals surface area contributed by atoms with Gasteiger partial charge >= 0.3 is 0 Å². The van der Waals surface area contributed by atoms with Crippen molar-refractivity contribution in [2.45, 2.75) is 13.0 Å². The summed E-state index contributed by atoms with van der Waals surface area (Å²) in [5, 5.41) is 20.5. The van der Waals surface area contributed by atoms with Crippen LogP contribution in [0.3, 0.4) is 0 Å². The number of anilines is 1. The first-order valence-corrected chi connectivity index (χ1v) is 9.60. The third-order valence-corrected chi connectivity index (χ3v) is 5.23. The highest BCUT2D eigenvalue weighted by Gasteiger charge is 2.15. The molecule has 0 spiro atoms. The molecule has 3 aromatic carbocycles. The number of rotatable bonds is 5. The molecule has 0 saturated carbocycles. The predicted molar refractivity (Wildman–Crippen MR) is 117 cm³/mol. The van der Waals surface area contributed by atoms with Crippen LogP contribution in [0.5, 0.6) is 0 Å². The number of aromatic nitrogens is 2. The van der Waals surface area contributed by atoms with Crippen LogP contribution in [0.1, 0.15) is 18.5 Å². The second kappa shape index (κ2) is 7.96. The van der Waals surface area contributed by atoms with Gasteiger partial charge in [0.2, 0.25) is 0 Å². The first kappa shape index (κ1) is 19.6. The van der Waals surface area contributed by atoms with Crippen LogP contribution in [0.4, 0.5) is 11.4 Å². The number of halogens is 1. The summed E-state index contributed by atoms with van der Waals surface area (Å²) in [5.74, 6) is 0. The van der Waals surface area contributed by atoms with Crippen LogP contribution in [0.15, 0.2) is 77.7 Å². The first-order chi connectivity index (χ1) is 14.4. The maximum absolute atomic E-state index is 12.7. The van der Waals surface area contributed by atoms with Crippen molar-refractivity contribution in [3.8, 4) is 5.69 Å². The Labute approximate surface area is 176 Å². The molecule has 0 aliphatic rings. The number of non-ortho nitro benzene ring substituents is 1. The summed E-state index contributed by atoms with van der Waals surface area (Å²) in [7, 11) is 0. The van der Waals surface area contributed by atoms with Crippen molar-refractivity contribution in [2.24, 2.45) is 0 Å². The van der Waals surface area contributed by atoms with Gasteiger partial charge in [0, 0.05) is 18.2 Å². The number of hydrogen-bond donors (Lipinski definition) is 1. The van der Waals surface area contributed by atoms with E-state index in [0.29, 0.717) is 11.4 Å². The quantitative estimate of drug-likeness (QED) is 0.357. The second-order valence-corrected chi connectivity index (χ2v) is 7.21. The van der Waals surface area contributed by atoms with E-state index in [0.717, 1.165) is 21.0 Å². The van der Waals surface area contributed by atoms with Crippen molar-refractivity contribution in [1.29, 1.82) is 0 Å². The van der Waals surface area contributed by atoms with Crippen LogP contribution >= 0.6 is 11.6 Å². The number of fused-ring (bicyclic) bond motifs is 1. The molecule has 1 atom stereocenters. The molecule has 0 saturated heterocycles. The normalized spacial score (nSPS) is 11.9. The van der Waals surface area contributed by atoms with E-state index in [-0.39, 0.29) is 16.8 Å². The van der Waals surface area contributed by atoms with Gasteiger partial charge in [-0.15, -0.1) is 0 Å². The number of benzene rings is 3. The molecule has 0 radical (unpaired) electrons. The van der Waals surface area contributed by atoms with E-state index in [1.54, 1.807) is 0 Å². The summed E-state index contributed by atoms with van der Waals surface area (Å²) >= 11 is 6.31. The van der Waals surface area contributed by atoms with Gasteiger partial charge in [0.15, 0.2) is 0 Å². The Morgan fingerprint density at radius 2 is 1.77 bits per heavy atom. The summed E-state index contributed by atoms with van der Waals surface area (Å²) in [6.45, 7) is 1.97. The molecule has 0 aliphatic heterocycles. The molecule has 1 N–H and O–H groups in total. The minimum Gasteiger partial charge on any atom is -0.376 e. The van der Waals surface area contributed by atoms with Gasteiger partial charge in [0.25, 0.3) is 11.2 Å². The first-order valence-electron chi connectivity index (χ1n) is 9.22. The average molecular weight is 421 g/mol. The number of nitrogens with zero attached hydrogens (tertiary/aromatic N) is 3. The molecule has 8 heteroatoms.